The van der Waals surface area contributed by atoms with E-state index in [-0.39, 0.29) is 12.0 Å². The van der Waals surface area contributed by atoms with Gasteiger partial charge in [0.05, 0.1) is 0 Å². The second-order valence-corrected chi connectivity index (χ2v) is 8.78. The number of alkyl halides is 3. The molecular formula is C21H25F3N2O2. The van der Waals surface area contributed by atoms with Gasteiger partial charge in [-0.25, -0.2) is 0 Å². The minimum atomic E-state index is -4.57. The molecule has 0 aromatic heterocycles. The predicted molar refractivity (Wildman–Crippen MR) is 102 cm³/mol. The molecule has 152 valence electrons. The van der Waals surface area contributed by atoms with Crippen molar-refractivity contribution in [2.45, 2.75) is 64.4 Å². The van der Waals surface area contributed by atoms with Crippen LogP contribution in [0.1, 0.15) is 52.6 Å². The summed E-state index contributed by atoms with van der Waals surface area (Å²) < 4.78 is 48.3. The van der Waals surface area contributed by atoms with Crippen molar-refractivity contribution < 1.29 is 22.7 Å². The van der Waals surface area contributed by atoms with Gasteiger partial charge >= 0.3 is 6.18 Å². The van der Waals surface area contributed by atoms with E-state index in [1.165, 1.54) is 6.07 Å². The van der Waals surface area contributed by atoms with Gasteiger partial charge in [-0.05, 0) is 63.1 Å². The molecule has 1 aliphatic heterocycles. The standard InChI is InChI=1S/C21H25F3N2O2/c1-19(2,3)28-14-9-10-15-13(11-14)7-6-8-16(15)18(21(22,23)24)26-20(4,5)12-17(27)25-26/h6-11,18H,12H2,1-5H3,(H,25,27). The van der Waals surface area contributed by atoms with Crippen molar-refractivity contribution >= 4 is 16.7 Å². The topological polar surface area (TPSA) is 41.6 Å². The van der Waals surface area contributed by atoms with E-state index >= 15 is 0 Å². The third kappa shape index (κ3) is 4.09. The van der Waals surface area contributed by atoms with Crippen LogP contribution in [0.5, 0.6) is 5.75 Å². The lowest BCUT2D eigenvalue weighted by atomic mass is 9.93. The van der Waals surface area contributed by atoms with Crippen molar-refractivity contribution in [3.63, 3.8) is 0 Å². The first kappa shape index (κ1) is 20.5. The molecule has 0 bridgehead atoms. The fraction of sp³-hybridized carbons (Fsp3) is 0.476. The van der Waals surface area contributed by atoms with Crippen molar-refractivity contribution in [3.05, 3.63) is 42.0 Å². The Morgan fingerprint density at radius 2 is 1.82 bits per heavy atom. The van der Waals surface area contributed by atoms with E-state index in [4.69, 9.17) is 4.74 Å². The number of benzene rings is 2. The molecule has 1 N–H and O–H groups in total. The highest BCUT2D eigenvalue weighted by molar-refractivity contribution is 5.88. The highest BCUT2D eigenvalue weighted by atomic mass is 19.4. The quantitative estimate of drug-likeness (QED) is 0.784. The van der Waals surface area contributed by atoms with E-state index in [9.17, 15) is 18.0 Å². The molecule has 2 aromatic rings. The summed E-state index contributed by atoms with van der Waals surface area (Å²) in [5, 5.41) is 2.16. The molecule has 2 aromatic carbocycles. The summed E-state index contributed by atoms with van der Waals surface area (Å²) in [4.78, 5) is 11.8. The SMILES string of the molecule is CC(C)(C)Oc1ccc2c(C(N3NC(=O)CC3(C)C)C(F)(F)F)cccc2c1. The zero-order chi connectivity index (χ0) is 20.9. The van der Waals surface area contributed by atoms with Gasteiger partial charge in [0.15, 0.2) is 6.04 Å². The third-order valence-electron chi connectivity index (χ3n) is 4.66. The molecule has 4 nitrogen and oxygen atoms in total. The van der Waals surface area contributed by atoms with Gasteiger partial charge in [0.1, 0.15) is 11.4 Å². The summed E-state index contributed by atoms with van der Waals surface area (Å²) in [6.07, 6.45) is -4.56. The Balaban J connectivity index is 2.12. The van der Waals surface area contributed by atoms with Crippen LogP contribution in [0.3, 0.4) is 0 Å². The fourth-order valence-electron chi connectivity index (χ4n) is 3.62. The minimum absolute atomic E-state index is 0.00785. The Hall–Kier alpha value is -2.28. The molecule has 1 unspecified atom stereocenters. The lowest BCUT2D eigenvalue weighted by Gasteiger charge is -2.38. The first-order valence-corrected chi connectivity index (χ1v) is 9.15. The van der Waals surface area contributed by atoms with Gasteiger partial charge in [0.25, 0.3) is 0 Å². The molecular weight excluding hydrogens is 369 g/mol. The number of hydrogen-bond acceptors (Lipinski definition) is 3. The van der Waals surface area contributed by atoms with Crippen molar-refractivity contribution in [2.75, 3.05) is 0 Å². The number of nitrogens with zero attached hydrogens (tertiary/aromatic N) is 1. The second kappa shape index (κ2) is 6.65. The van der Waals surface area contributed by atoms with Crippen LogP contribution >= 0.6 is 0 Å². The van der Waals surface area contributed by atoms with Crippen LogP contribution in [0.25, 0.3) is 10.8 Å². The molecule has 1 heterocycles. The number of nitrogens with one attached hydrogen (secondary N) is 1. The molecule has 1 fully saturated rings. The molecule has 1 saturated heterocycles. The lowest BCUT2D eigenvalue weighted by molar-refractivity contribution is -0.203. The number of ether oxygens (including phenoxy) is 1. The van der Waals surface area contributed by atoms with Gasteiger partial charge in [0, 0.05) is 12.0 Å². The molecule has 1 aliphatic rings. The largest absolute Gasteiger partial charge is 0.488 e. The maximum Gasteiger partial charge on any atom is 0.409 e. The van der Waals surface area contributed by atoms with E-state index in [2.05, 4.69) is 5.43 Å². The van der Waals surface area contributed by atoms with Gasteiger partial charge in [-0.1, -0.05) is 24.3 Å². The van der Waals surface area contributed by atoms with Gasteiger partial charge < -0.3 is 4.74 Å². The van der Waals surface area contributed by atoms with Crippen LogP contribution in [-0.2, 0) is 4.79 Å². The Bertz CT molecular complexity index is 901. The monoisotopic (exact) mass is 394 g/mol. The van der Waals surface area contributed by atoms with Crippen LogP contribution in [-0.4, -0.2) is 28.2 Å². The molecule has 1 atom stereocenters. The Morgan fingerprint density at radius 3 is 2.36 bits per heavy atom. The van der Waals surface area contributed by atoms with Crippen molar-refractivity contribution in [3.8, 4) is 5.75 Å². The van der Waals surface area contributed by atoms with Gasteiger partial charge in [-0.2, -0.15) is 18.2 Å². The summed E-state index contributed by atoms with van der Waals surface area (Å²) in [5.41, 5.74) is 1.13. The summed E-state index contributed by atoms with van der Waals surface area (Å²) in [7, 11) is 0. The Kier molecular flexibility index (Phi) is 4.86. The van der Waals surface area contributed by atoms with E-state index in [0.717, 1.165) is 5.01 Å². The molecule has 0 aliphatic carbocycles. The Labute approximate surface area is 162 Å². The number of carbonyl (C=O) groups excluding carboxylic acids is 1. The zero-order valence-corrected chi connectivity index (χ0v) is 16.6. The first-order valence-electron chi connectivity index (χ1n) is 9.15. The number of fused-ring (bicyclic) bond motifs is 1. The smallest absolute Gasteiger partial charge is 0.409 e. The second-order valence-electron chi connectivity index (χ2n) is 8.78. The summed E-state index contributed by atoms with van der Waals surface area (Å²) in [6.45, 7) is 8.98. The molecule has 3 rings (SSSR count). The highest BCUT2D eigenvalue weighted by Crippen LogP contribution is 2.45. The van der Waals surface area contributed by atoms with Crippen LogP contribution in [0, 0.1) is 0 Å². The van der Waals surface area contributed by atoms with E-state index < -0.39 is 29.3 Å². The average molecular weight is 394 g/mol. The molecule has 7 heteroatoms. The van der Waals surface area contributed by atoms with Crippen molar-refractivity contribution in [2.24, 2.45) is 0 Å². The van der Waals surface area contributed by atoms with E-state index in [1.54, 1.807) is 44.2 Å². The maximum absolute atomic E-state index is 14.1. The predicted octanol–water partition coefficient (Wildman–Crippen LogP) is 5.14. The summed E-state index contributed by atoms with van der Waals surface area (Å²) in [6, 6.07) is 7.94. The van der Waals surface area contributed by atoms with Crippen molar-refractivity contribution in [1.82, 2.24) is 10.4 Å². The molecule has 0 saturated carbocycles. The highest BCUT2D eigenvalue weighted by Gasteiger charge is 2.53. The lowest BCUT2D eigenvalue weighted by Crippen LogP contribution is -2.51. The molecule has 0 spiro atoms. The van der Waals surface area contributed by atoms with Gasteiger partial charge in [-0.15, -0.1) is 0 Å². The average Bonchev–Trinajstić information content (AvgIpc) is 2.77. The molecule has 0 radical (unpaired) electrons. The van der Waals surface area contributed by atoms with Gasteiger partial charge in [-0.3, -0.25) is 10.2 Å². The van der Waals surface area contributed by atoms with Crippen LogP contribution in [0.2, 0.25) is 0 Å². The van der Waals surface area contributed by atoms with E-state index in [0.29, 0.717) is 16.5 Å². The number of hydrogen-bond donors (Lipinski definition) is 1. The number of rotatable bonds is 3. The maximum atomic E-state index is 14.1. The zero-order valence-electron chi connectivity index (χ0n) is 16.6. The first-order chi connectivity index (χ1) is 12.8. The van der Waals surface area contributed by atoms with E-state index in [1.807, 2.05) is 20.8 Å². The van der Waals surface area contributed by atoms with Gasteiger partial charge in [0.2, 0.25) is 5.91 Å². The summed E-state index contributed by atoms with van der Waals surface area (Å²) in [5.74, 6) is 0.177. The number of hydrazine groups is 1. The van der Waals surface area contributed by atoms with Crippen LogP contribution < -0.4 is 10.2 Å². The van der Waals surface area contributed by atoms with Crippen LogP contribution in [0.4, 0.5) is 13.2 Å². The fourth-order valence-corrected chi connectivity index (χ4v) is 3.62. The third-order valence-corrected chi connectivity index (χ3v) is 4.66. The molecule has 28 heavy (non-hydrogen) atoms. The minimum Gasteiger partial charge on any atom is -0.488 e. The van der Waals surface area contributed by atoms with Crippen molar-refractivity contribution in [1.29, 1.82) is 0 Å². The number of amides is 1. The van der Waals surface area contributed by atoms with Crippen LogP contribution in [0.15, 0.2) is 36.4 Å². The normalized spacial score (nSPS) is 18.9. The molecule has 1 amide bonds. The summed E-state index contributed by atoms with van der Waals surface area (Å²) >= 11 is 0. The Morgan fingerprint density at radius 1 is 1.14 bits per heavy atom. The number of halogens is 3. The number of carbonyl (C=O) groups is 1.